The Morgan fingerprint density at radius 2 is 1.84 bits per heavy atom. The molecule has 4 rings (SSSR count). The van der Waals surface area contributed by atoms with E-state index in [0.717, 1.165) is 18.5 Å². The molecular weight excluding hydrogens is 401 g/mol. The Morgan fingerprint density at radius 3 is 2.58 bits per heavy atom. The average molecular weight is 427 g/mol. The van der Waals surface area contributed by atoms with Crippen molar-refractivity contribution in [3.63, 3.8) is 0 Å². The van der Waals surface area contributed by atoms with Crippen molar-refractivity contribution in [1.29, 1.82) is 0 Å². The molecule has 0 atom stereocenters. The maximum Gasteiger partial charge on any atom is 0.272 e. The number of rotatable bonds is 7. The summed E-state index contributed by atoms with van der Waals surface area (Å²) in [7, 11) is 0. The summed E-state index contributed by atoms with van der Waals surface area (Å²) in [6.07, 6.45) is 2.90. The third kappa shape index (κ3) is 4.92. The smallest absolute Gasteiger partial charge is 0.272 e. The molecule has 2 aromatic rings. The molecule has 2 aliphatic heterocycles. The van der Waals surface area contributed by atoms with Crippen molar-refractivity contribution in [3.05, 3.63) is 53.1 Å². The van der Waals surface area contributed by atoms with Crippen LogP contribution in [0.4, 0.5) is 4.39 Å². The van der Waals surface area contributed by atoms with E-state index in [1.807, 2.05) is 4.90 Å². The summed E-state index contributed by atoms with van der Waals surface area (Å²) in [5.74, 6) is -0.660. The quantitative estimate of drug-likeness (QED) is 0.683. The summed E-state index contributed by atoms with van der Waals surface area (Å²) in [4.78, 5) is 40.6. The van der Waals surface area contributed by atoms with E-state index < -0.39 is 0 Å². The summed E-state index contributed by atoms with van der Waals surface area (Å²) in [5.41, 5.74) is 1.44. The topological polar surface area (TPSA) is 87.5 Å². The Hall–Kier alpha value is -3.23. The molecule has 1 fully saturated rings. The second-order valence-corrected chi connectivity index (χ2v) is 7.94. The molecule has 0 aliphatic carbocycles. The normalized spacial score (nSPS) is 16.4. The number of carbonyl (C=O) groups is 3. The van der Waals surface area contributed by atoms with Crippen molar-refractivity contribution in [2.45, 2.75) is 38.8 Å². The molecule has 8 nitrogen and oxygen atoms in total. The SMILES string of the molecule is O=C(NCCCN1CCCC1=O)c1cc2n(n1)CCCN(Cc1ccc(F)cc1)C2=O. The Balaban J connectivity index is 1.35. The molecule has 0 radical (unpaired) electrons. The molecule has 0 saturated carbocycles. The molecule has 3 amide bonds. The van der Waals surface area contributed by atoms with Crippen LogP contribution in [0.5, 0.6) is 0 Å². The van der Waals surface area contributed by atoms with E-state index in [2.05, 4.69) is 10.4 Å². The Kier molecular flexibility index (Phi) is 6.29. The lowest BCUT2D eigenvalue weighted by Gasteiger charge is -2.20. The van der Waals surface area contributed by atoms with E-state index in [-0.39, 0.29) is 29.2 Å². The van der Waals surface area contributed by atoms with Crippen molar-refractivity contribution in [3.8, 4) is 0 Å². The first-order chi connectivity index (χ1) is 15.0. The zero-order valence-electron chi connectivity index (χ0n) is 17.3. The molecule has 1 N–H and O–H groups in total. The van der Waals surface area contributed by atoms with Crippen molar-refractivity contribution in [2.24, 2.45) is 0 Å². The van der Waals surface area contributed by atoms with Gasteiger partial charge in [0.1, 0.15) is 11.5 Å². The third-order valence-electron chi connectivity index (χ3n) is 5.67. The summed E-state index contributed by atoms with van der Waals surface area (Å²) in [5, 5.41) is 7.15. The number of hydrogen-bond acceptors (Lipinski definition) is 4. The Morgan fingerprint density at radius 1 is 1.06 bits per heavy atom. The van der Waals surface area contributed by atoms with Crippen LogP contribution in [0.15, 0.2) is 30.3 Å². The first-order valence-electron chi connectivity index (χ1n) is 10.7. The van der Waals surface area contributed by atoms with E-state index in [1.165, 1.54) is 18.2 Å². The van der Waals surface area contributed by atoms with Gasteiger partial charge in [0.25, 0.3) is 11.8 Å². The maximum absolute atomic E-state index is 13.1. The van der Waals surface area contributed by atoms with Gasteiger partial charge in [-0.3, -0.25) is 19.1 Å². The van der Waals surface area contributed by atoms with E-state index in [1.54, 1.807) is 21.7 Å². The van der Waals surface area contributed by atoms with Crippen LogP contribution in [-0.2, 0) is 17.9 Å². The predicted molar refractivity (Wildman–Crippen MR) is 111 cm³/mol. The molecule has 1 aromatic carbocycles. The molecular formula is C22H26FN5O3. The van der Waals surface area contributed by atoms with Gasteiger partial charge in [-0.15, -0.1) is 0 Å². The summed E-state index contributed by atoms with van der Waals surface area (Å²) in [6, 6.07) is 7.62. The van der Waals surface area contributed by atoms with Gasteiger partial charge in [-0.25, -0.2) is 4.39 Å². The van der Waals surface area contributed by atoms with Gasteiger partial charge in [-0.05, 0) is 37.0 Å². The first-order valence-corrected chi connectivity index (χ1v) is 10.7. The number of likely N-dealkylation sites (tertiary alicyclic amines) is 1. The molecule has 1 saturated heterocycles. The van der Waals surface area contributed by atoms with Crippen LogP contribution in [0.25, 0.3) is 0 Å². The van der Waals surface area contributed by atoms with E-state index >= 15 is 0 Å². The molecule has 164 valence electrons. The van der Waals surface area contributed by atoms with Crippen molar-refractivity contribution >= 4 is 17.7 Å². The number of carbonyl (C=O) groups excluding carboxylic acids is 3. The minimum absolute atomic E-state index is 0.174. The number of amides is 3. The van der Waals surface area contributed by atoms with Gasteiger partial charge >= 0.3 is 0 Å². The zero-order chi connectivity index (χ0) is 21.8. The lowest BCUT2D eigenvalue weighted by Crippen LogP contribution is -2.31. The lowest BCUT2D eigenvalue weighted by atomic mass is 10.2. The summed E-state index contributed by atoms with van der Waals surface area (Å²) >= 11 is 0. The highest BCUT2D eigenvalue weighted by Crippen LogP contribution is 2.17. The van der Waals surface area contributed by atoms with E-state index in [0.29, 0.717) is 57.7 Å². The highest BCUT2D eigenvalue weighted by molar-refractivity contribution is 5.98. The standard InChI is InChI=1S/C22H26FN5O3/c23-17-7-5-16(6-8-17)15-27-12-3-13-28-19(22(27)31)14-18(25-28)21(30)24-9-2-11-26-10-1-4-20(26)29/h5-8,14H,1-4,9-13,15H2,(H,24,30). The van der Waals surface area contributed by atoms with Gasteiger partial charge in [0.15, 0.2) is 5.69 Å². The van der Waals surface area contributed by atoms with Gasteiger partial charge in [0, 0.05) is 51.8 Å². The monoisotopic (exact) mass is 427 g/mol. The Bertz CT molecular complexity index is 972. The molecule has 31 heavy (non-hydrogen) atoms. The van der Waals surface area contributed by atoms with Crippen LogP contribution in [0.1, 0.15) is 52.2 Å². The van der Waals surface area contributed by atoms with Crippen molar-refractivity contribution < 1.29 is 18.8 Å². The number of aromatic nitrogens is 2. The third-order valence-corrected chi connectivity index (χ3v) is 5.67. The van der Waals surface area contributed by atoms with Crippen LogP contribution >= 0.6 is 0 Å². The zero-order valence-corrected chi connectivity index (χ0v) is 17.3. The second-order valence-electron chi connectivity index (χ2n) is 7.94. The van der Waals surface area contributed by atoms with Crippen LogP contribution in [-0.4, -0.2) is 63.5 Å². The molecule has 1 aromatic heterocycles. The van der Waals surface area contributed by atoms with Gasteiger partial charge < -0.3 is 15.1 Å². The molecule has 0 unspecified atom stereocenters. The molecule has 2 aliphatic rings. The molecule has 0 spiro atoms. The summed E-state index contributed by atoms with van der Waals surface area (Å²) in [6.45, 7) is 3.35. The highest BCUT2D eigenvalue weighted by atomic mass is 19.1. The average Bonchev–Trinajstić information content (AvgIpc) is 3.34. The largest absolute Gasteiger partial charge is 0.351 e. The second kappa shape index (κ2) is 9.28. The number of aryl methyl sites for hydroxylation is 1. The van der Waals surface area contributed by atoms with Gasteiger partial charge in [0.2, 0.25) is 5.91 Å². The highest BCUT2D eigenvalue weighted by Gasteiger charge is 2.26. The predicted octanol–water partition coefficient (Wildman–Crippen LogP) is 1.81. The molecule has 0 bridgehead atoms. The molecule has 3 heterocycles. The fourth-order valence-corrected chi connectivity index (χ4v) is 4.01. The minimum Gasteiger partial charge on any atom is -0.351 e. The number of hydrogen-bond donors (Lipinski definition) is 1. The first kappa shape index (κ1) is 21.0. The van der Waals surface area contributed by atoms with Gasteiger partial charge in [0.05, 0.1) is 0 Å². The lowest BCUT2D eigenvalue weighted by molar-refractivity contribution is -0.127. The van der Waals surface area contributed by atoms with Gasteiger partial charge in [-0.2, -0.15) is 5.10 Å². The Labute approximate surface area is 180 Å². The fourth-order valence-electron chi connectivity index (χ4n) is 4.01. The fraction of sp³-hybridized carbons (Fsp3) is 0.455. The van der Waals surface area contributed by atoms with Crippen molar-refractivity contribution in [2.75, 3.05) is 26.2 Å². The minimum atomic E-state index is -0.328. The van der Waals surface area contributed by atoms with E-state index in [4.69, 9.17) is 0 Å². The van der Waals surface area contributed by atoms with E-state index in [9.17, 15) is 18.8 Å². The number of nitrogens with one attached hydrogen (secondary N) is 1. The number of benzene rings is 1. The number of nitrogens with zero attached hydrogens (tertiary/aromatic N) is 4. The number of fused-ring (bicyclic) bond motifs is 1. The summed E-state index contributed by atoms with van der Waals surface area (Å²) < 4.78 is 14.7. The number of halogens is 1. The maximum atomic E-state index is 13.1. The van der Waals surface area contributed by atoms with Crippen molar-refractivity contribution in [1.82, 2.24) is 24.9 Å². The van der Waals surface area contributed by atoms with Crippen LogP contribution in [0.2, 0.25) is 0 Å². The van der Waals surface area contributed by atoms with Crippen LogP contribution in [0.3, 0.4) is 0 Å². The molecule has 9 heteroatoms. The van der Waals surface area contributed by atoms with Gasteiger partial charge in [-0.1, -0.05) is 12.1 Å². The van der Waals surface area contributed by atoms with Crippen LogP contribution in [0, 0.1) is 5.82 Å². The van der Waals surface area contributed by atoms with Crippen LogP contribution < -0.4 is 5.32 Å².